The number of hydrogen-bond donors (Lipinski definition) is 0. The minimum Gasteiger partial charge on any atom is -0.497 e. The van der Waals surface area contributed by atoms with E-state index in [9.17, 15) is 13.2 Å². The molecular weight excluding hydrogens is 354 g/mol. The van der Waals surface area contributed by atoms with Gasteiger partial charge in [0.15, 0.2) is 0 Å². The van der Waals surface area contributed by atoms with Gasteiger partial charge in [0.25, 0.3) is 10.0 Å². The summed E-state index contributed by atoms with van der Waals surface area (Å²) in [5.74, 6) is 0.252. The first-order valence-corrected chi connectivity index (χ1v) is 9.74. The first kappa shape index (κ1) is 18.3. The number of carbonyl (C=O) groups is 1. The molecule has 2 aromatic rings. The van der Waals surface area contributed by atoms with Crippen LogP contribution in [-0.4, -0.2) is 35.2 Å². The molecule has 0 aliphatic carbocycles. The van der Waals surface area contributed by atoms with Crippen molar-refractivity contribution in [3.8, 4) is 5.75 Å². The van der Waals surface area contributed by atoms with Crippen molar-refractivity contribution >= 4 is 21.7 Å². The molecule has 138 valence electrons. The minimum absolute atomic E-state index is 0.0994. The molecule has 1 unspecified atom stereocenters. The molecule has 0 N–H and O–H groups in total. The van der Waals surface area contributed by atoms with E-state index in [1.165, 1.54) is 11.4 Å². The zero-order valence-electron chi connectivity index (χ0n) is 14.7. The Bertz CT molecular complexity index is 895. The predicted molar refractivity (Wildman–Crippen MR) is 98.0 cm³/mol. The van der Waals surface area contributed by atoms with Crippen LogP contribution in [0.4, 0.5) is 5.69 Å². The van der Waals surface area contributed by atoms with E-state index >= 15 is 0 Å². The normalized spacial score (nSPS) is 16.2. The molecule has 0 saturated heterocycles. The number of nitrogens with zero attached hydrogens (tertiary/aromatic N) is 1. The van der Waals surface area contributed by atoms with Gasteiger partial charge in [-0.15, -0.1) is 0 Å². The Hall–Kier alpha value is -2.54. The van der Waals surface area contributed by atoms with E-state index in [0.29, 0.717) is 17.9 Å². The highest BCUT2D eigenvalue weighted by atomic mass is 32.2. The van der Waals surface area contributed by atoms with E-state index in [0.717, 1.165) is 5.56 Å². The molecule has 0 bridgehead atoms. The molecule has 0 saturated carbocycles. The molecule has 0 spiro atoms. The molecule has 6 nitrogen and oxygen atoms in total. The van der Waals surface area contributed by atoms with Gasteiger partial charge in [-0.2, -0.15) is 0 Å². The molecule has 0 fully saturated rings. The Morgan fingerprint density at radius 3 is 2.54 bits per heavy atom. The monoisotopic (exact) mass is 375 g/mol. The number of methoxy groups -OCH3 is 2. The van der Waals surface area contributed by atoms with E-state index in [1.54, 1.807) is 49.6 Å². The second-order valence-corrected chi connectivity index (χ2v) is 7.95. The van der Waals surface area contributed by atoms with E-state index in [2.05, 4.69) is 0 Å². The Morgan fingerprint density at radius 1 is 1.15 bits per heavy atom. The van der Waals surface area contributed by atoms with Crippen LogP contribution < -0.4 is 9.04 Å². The summed E-state index contributed by atoms with van der Waals surface area (Å²) in [4.78, 5) is 11.8. The SMILES string of the molecule is COC(=O)CCC1CN(S(=O)(=O)c2ccccc2)c2ccc(OC)cc21. The Labute approximate surface area is 153 Å². The molecule has 26 heavy (non-hydrogen) atoms. The molecule has 3 rings (SSSR count). The number of hydrogen-bond acceptors (Lipinski definition) is 5. The second kappa shape index (κ2) is 7.37. The van der Waals surface area contributed by atoms with Crippen molar-refractivity contribution < 1.29 is 22.7 Å². The molecular formula is C19H21NO5S. The third-order valence-corrected chi connectivity index (χ3v) is 6.38. The van der Waals surface area contributed by atoms with Crippen molar-refractivity contribution in [3.05, 3.63) is 54.1 Å². The van der Waals surface area contributed by atoms with Gasteiger partial charge in [-0.05, 0) is 42.3 Å². The van der Waals surface area contributed by atoms with Crippen molar-refractivity contribution in [1.29, 1.82) is 0 Å². The minimum atomic E-state index is -3.67. The zero-order chi connectivity index (χ0) is 18.7. The molecule has 1 atom stereocenters. The highest BCUT2D eigenvalue weighted by molar-refractivity contribution is 7.92. The molecule has 0 amide bonds. The van der Waals surface area contributed by atoms with E-state index in [1.807, 2.05) is 6.07 Å². The van der Waals surface area contributed by atoms with Crippen LogP contribution >= 0.6 is 0 Å². The molecule has 1 heterocycles. The lowest BCUT2D eigenvalue weighted by molar-refractivity contribution is -0.140. The number of rotatable bonds is 6. The van der Waals surface area contributed by atoms with Crippen molar-refractivity contribution in [1.82, 2.24) is 0 Å². The van der Waals surface area contributed by atoms with Gasteiger partial charge in [0.05, 0.1) is 24.8 Å². The molecule has 2 aromatic carbocycles. The number of esters is 1. The molecule has 0 aromatic heterocycles. The number of fused-ring (bicyclic) bond motifs is 1. The summed E-state index contributed by atoms with van der Waals surface area (Å²) < 4.78 is 37.6. The highest BCUT2D eigenvalue weighted by Gasteiger charge is 2.36. The highest BCUT2D eigenvalue weighted by Crippen LogP contribution is 2.43. The van der Waals surface area contributed by atoms with Gasteiger partial charge >= 0.3 is 5.97 Å². The second-order valence-electron chi connectivity index (χ2n) is 6.09. The Morgan fingerprint density at radius 2 is 1.88 bits per heavy atom. The standard InChI is InChI=1S/C19H21NO5S/c1-24-15-9-10-18-17(12-15)14(8-11-19(21)25-2)13-20(18)26(22,23)16-6-4-3-5-7-16/h3-7,9-10,12,14H,8,11,13H2,1-2H3. The van der Waals surface area contributed by atoms with Gasteiger partial charge in [0, 0.05) is 18.9 Å². The van der Waals surface area contributed by atoms with Gasteiger partial charge in [-0.3, -0.25) is 9.10 Å². The lowest BCUT2D eigenvalue weighted by Gasteiger charge is -2.20. The van der Waals surface area contributed by atoms with Crippen molar-refractivity contribution in [2.75, 3.05) is 25.1 Å². The largest absolute Gasteiger partial charge is 0.497 e. The van der Waals surface area contributed by atoms with Gasteiger partial charge in [-0.1, -0.05) is 18.2 Å². The summed E-state index contributed by atoms with van der Waals surface area (Å²) in [7, 11) is -0.757. The first-order chi connectivity index (χ1) is 12.5. The van der Waals surface area contributed by atoms with Gasteiger partial charge < -0.3 is 9.47 Å². The first-order valence-electron chi connectivity index (χ1n) is 8.30. The van der Waals surface area contributed by atoms with Gasteiger partial charge in [0.2, 0.25) is 0 Å². The fourth-order valence-electron chi connectivity index (χ4n) is 3.20. The summed E-state index contributed by atoms with van der Waals surface area (Å²) in [6, 6.07) is 13.7. The van der Waals surface area contributed by atoms with E-state index in [-0.39, 0.29) is 29.7 Å². The molecule has 1 aliphatic heterocycles. The lowest BCUT2D eigenvalue weighted by Crippen LogP contribution is -2.30. The summed E-state index contributed by atoms with van der Waals surface area (Å²) in [6.07, 6.45) is 0.741. The summed E-state index contributed by atoms with van der Waals surface area (Å²) >= 11 is 0. The van der Waals surface area contributed by atoms with E-state index in [4.69, 9.17) is 9.47 Å². The molecule has 1 aliphatic rings. The number of benzene rings is 2. The smallest absolute Gasteiger partial charge is 0.305 e. The van der Waals surface area contributed by atoms with Crippen LogP contribution in [0.15, 0.2) is 53.4 Å². The lowest BCUT2D eigenvalue weighted by atomic mass is 9.96. The summed E-state index contributed by atoms with van der Waals surface area (Å²) in [6.45, 7) is 0.288. The van der Waals surface area contributed by atoms with Gasteiger partial charge in [-0.25, -0.2) is 8.42 Å². The molecule has 7 heteroatoms. The maximum Gasteiger partial charge on any atom is 0.305 e. The van der Waals surface area contributed by atoms with Gasteiger partial charge in [0.1, 0.15) is 5.75 Å². The average molecular weight is 375 g/mol. The number of carbonyl (C=O) groups excluding carboxylic acids is 1. The number of anilines is 1. The Kier molecular flexibility index (Phi) is 5.18. The fourth-order valence-corrected chi connectivity index (χ4v) is 4.76. The number of ether oxygens (including phenoxy) is 2. The van der Waals surface area contributed by atoms with Crippen molar-refractivity contribution in [2.45, 2.75) is 23.7 Å². The third kappa shape index (κ3) is 3.39. The van der Waals surface area contributed by atoms with Crippen LogP contribution in [0.5, 0.6) is 5.75 Å². The maximum atomic E-state index is 13.1. The van der Waals surface area contributed by atoms with Crippen LogP contribution in [0.25, 0.3) is 0 Å². The van der Waals surface area contributed by atoms with E-state index < -0.39 is 10.0 Å². The zero-order valence-corrected chi connectivity index (χ0v) is 15.5. The maximum absolute atomic E-state index is 13.1. The number of sulfonamides is 1. The average Bonchev–Trinajstić information content (AvgIpc) is 3.05. The Balaban J connectivity index is 1.98. The summed E-state index contributed by atoms with van der Waals surface area (Å²) in [5, 5.41) is 0. The van der Waals surface area contributed by atoms with Crippen LogP contribution in [0.1, 0.15) is 24.3 Å². The van der Waals surface area contributed by atoms with Crippen molar-refractivity contribution in [3.63, 3.8) is 0 Å². The third-order valence-electron chi connectivity index (χ3n) is 4.59. The van der Waals surface area contributed by atoms with Crippen LogP contribution in [0.2, 0.25) is 0 Å². The van der Waals surface area contributed by atoms with Crippen LogP contribution in [-0.2, 0) is 19.6 Å². The quantitative estimate of drug-likeness (QED) is 0.726. The topological polar surface area (TPSA) is 72.9 Å². The fraction of sp³-hybridized carbons (Fsp3) is 0.316. The molecule has 0 radical (unpaired) electrons. The summed E-state index contributed by atoms with van der Waals surface area (Å²) in [5.41, 5.74) is 1.50. The van der Waals surface area contributed by atoms with Crippen LogP contribution in [0, 0.1) is 0 Å². The van der Waals surface area contributed by atoms with Crippen molar-refractivity contribution in [2.24, 2.45) is 0 Å². The predicted octanol–water partition coefficient (Wildman–Crippen LogP) is 2.94. The van der Waals surface area contributed by atoms with Crippen LogP contribution in [0.3, 0.4) is 0 Å².